The molecule has 26 heavy (non-hydrogen) atoms. The van der Waals surface area contributed by atoms with Crippen LogP contribution in [-0.2, 0) is 25.6 Å². The predicted molar refractivity (Wildman–Crippen MR) is 87.8 cm³/mol. The molecule has 1 unspecified atom stereocenters. The van der Waals surface area contributed by atoms with Crippen LogP contribution in [0, 0.1) is 10.1 Å². The number of benzene rings is 1. The smallest absolute Gasteiger partial charge is 0.269 e. The second-order valence-electron chi connectivity index (χ2n) is 5.52. The summed E-state index contributed by atoms with van der Waals surface area (Å²) in [6, 6.07) is 4.52. The third-order valence-electron chi connectivity index (χ3n) is 3.55. The highest BCUT2D eigenvalue weighted by Gasteiger charge is 2.23. The molecule has 138 valence electrons. The zero-order valence-corrected chi connectivity index (χ0v) is 13.6. The minimum absolute atomic E-state index is 0.0606. The van der Waals surface area contributed by atoms with Gasteiger partial charge >= 0.3 is 0 Å². The Morgan fingerprint density at radius 1 is 0.885 bits per heavy atom. The molecule has 1 saturated heterocycles. The van der Waals surface area contributed by atoms with Crippen LogP contribution in [0.4, 0.5) is 5.69 Å². The molecule has 4 N–H and O–H groups in total. The van der Waals surface area contributed by atoms with E-state index in [-0.39, 0.29) is 31.7 Å². The van der Waals surface area contributed by atoms with Crippen molar-refractivity contribution in [2.24, 2.45) is 0 Å². The third kappa shape index (κ3) is 5.54. The van der Waals surface area contributed by atoms with Crippen molar-refractivity contribution < 1.29 is 24.1 Å². The Balaban J connectivity index is 2.11. The lowest BCUT2D eigenvalue weighted by atomic mass is 10.0. The van der Waals surface area contributed by atoms with E-state index in [1.807, 2.05) is 0 Å². The maximum atomic E-state index is 12.3. The van der Waals surface area contributed by atoms with Crippen molar-refractivity contribution in [1.29, 1.82) is 0 Å². The molecule has 11 heteroatoms. The summed E-state index contributed by atoms with van der Waals surface area (Å²) in [5.41, 5.74) is 0.483. The molecule has 11 nitrogen and oxygen atoms in total. The van der Waals surface area contributed by atoms with Gasteiger partial charge in [0.1, 0.15) is 6.04 Å². The number of nitro benzene ring substituents is 1. The predicted octanol–water partition coefficient (Wildman–Crippen LogP) is -2.02. The van der Waals surface area contributed by atoms with E-state index in [1.165, 1.54) is 24.3 Å². The zero-order valence-electron chi connectivity index (χ0n) is 13.6. The van der Waals surface area contributed by atoms with Gasteiger partial charge in [0.25, 0.3) is 5.69 Å². The monoisotopic (exact) mass is 363 g/mol. The van der Waals surface area contributed by atoms with Crippen molar-refractivity contribution in [2.45, 2.75) is 12.5 Å². The molecular weight excluding hydrogens is 346 g/mol. The van der Waals surface area contributed by atoms with Crippen LogP contribution >= 0.6 is 0 Å². The van der Waals surface area contributed by atoms with Gasteiger partial charge in [0.15, 0.2) is 0 Å². The third-order valence-corrected chi connectivity index (χ3v) is 3.55. The number of hydrogen-bond donors (Lipinski definition) is 4. The summed E-state index contributed by atoms with van der Waals surface area (Å²) in [6.45, 7) is -0.994. The Kier molecular flexibility index (Phi) is 6.20. The summed E-state index contributed by atoms with van der Waals surface area (Å²) in [4.78, 5) is 57.3. The highest BCUT2D eigenvalue weighted by atomic mass is 16.6. The average Bonchev–Trinajstić information content (AvgIpc) is 2.61. The quantitative estimate of drug-likeness (QED) is 0.358. The number of rotatable bonds is 3. The summed E-state index contributed by atoms with van der Waals surface area (Å²) in [5, 5.41) is 20.2. The van der Waals surface area contributed by atoms with E-state index in [0.717, 1.165) is 0 Å². The first-order valence-electron chi connectivity index (χ1n) is 7.69. The van der Waals surface area contributed by atoms with Crippen molar-refractivity contribution in [3.8, 4) is 0 Å². The fourth-order valence-electron chi connectivity index (χ4n) is 2.22. The molecule has 1 aliphatic rings. The van der Waals surface area contributed by atoms with E-state index in [2.05, 4.69) is 21.3 Å². The summed E-state index contributed by atoms with van der Waals surface area (Å²) in [5.74, 6) is -2.24. The summed E-state index contributed by atoms with van der Waals surface area (Å²) in [7, 11) is 0. The van der Waals surface area contributed by atoms with Crippen LogP contribution in [0.1, 0.15) is 5.56 Å². The molecule has 2 rings (SSSR count). The van der Waals surface area contributed by atoms with E-state index < -0.39 is 34.6 Å². The van der Waals surface area contributed by atoms with Crippen molar-refractivity contribution in [3.05, 3.63) is 39.9 Å². The Hall–Kier alpha value is -3.50. The molecule has 1 aliphatic heterocycles. The number of hydrogen-bond acceptors (Lipinski definition) is 6. The number of carbonyl (C=O) groups is 4. The molecular formula is C15H17N5O6. The molecule has 0 saturated carbocycles. The molecule has 1 aromatic rings. The van der Waals surface area contributed by atoms with Gasteiger partial charge in [-0.15, -0.1) is 0 Å². The zero-order chi connectivity index (χ0) is 19.1. The molecule has 1 aromatic carbocycles. The number of carbonyl (C=O) groups excluding carboxylic acids is 4. The van der Waals surface area contributed by atoms with Gasteiger partial charge in [-0.3, -0.25) is 29.3 Å². The number of amides is 4. The Labute approximate surface area is 147 Å². The summed E-state index contributed by atoms with van der Waals surface area (Å²) in [6.07, 6.45) is 0.0606. The van der Waals surface area contributed by atoms with E-state index in [1.54, 1.807) is 0 Å². The maximum absolute atomic E-state index is 12.3. The van der Waals surface area contributed by atoms with Crippen LogP contribution < -0.4 is 21.3 Å². The molecule has 1 atom stereocenters. The standard InChI is InChI=1S/C15H17N5O6/c21-12-6-16-13(22)7-18-15(24)11(19-14(23)8-17-12)5-9-1-3-10(4-2-9)20(25)26/h1-4,11H,5-8H2,(H,16,22)(H,17,21)(H,18,24)(H,19,23). The van der Waals surface area contributed by atoms with E-state index in [4.69, 9.17) is 0 Å². The number of nitro groups is 1. The van der Waals surface area contributed by atoms with Crippen molar-refractivity contribution in [2.75, 3.05) is 19.6 Å². The molecule has 0 radical (unpaired) electrons. The van der Waals surface area contributed by atoms with Gasteiger partial charge in [-0.2, -0.15) is 0 Å². The van der Waals surface area contributed by atoms with Gasteiger partial charge in [0, 0.05) is 18.6 Å². The van der Waals surface area contributed by atoms with Crippen molar-refractivity contribution in [1.82, 2.24) is 21.3 Å². The average molecular weight is 363 g/mol. The topological polar surface area (TPSA) is 160 Å². The Morgan fingerprint density at radius 2 is 1.42 bits per heavy atom. The van der Waals surface area contributed by atoms with Gasteiger partial charge in [-0.1, -0.05) is 12.1 Å². The highest BCUT2D eigenvalue weighted by molar-refractivity contribution is 5.94. The molecule has 1 heterocycles. The minimum atomic E-state index is -1.01. The lowest BCUT2D eigenvalue weighted by Crippen LogP contribution is -2.54. The molecule has 4 amide bonds. The number of nitrogens with one attached hydrogen (secondary N) is 4. The molecule has 1 fully saturated rings. The van der Waals surface area contributed by atoms with Crippen LogP contribution in [0.5, 0.6) is 0 Å². The number of non-ortho nitro benzene ring substituents is 1. The normalized spacial score (nSPS) is 19.2. The van der Waals surface area contributed by atoms with Gasteiger partial charge in [-0.05, 0) is 5.56 Å². The SMILES string of the molecule is O=C1CNC(=O)CNC(=O)C(Cc2ccc([N+](=O)[O-])cc2)NC(=O)CN1. The van der Waals surface area contributed by atoms with Gasteiger partial charge < -0.3 is 21.3 Å². The lowest BCUT2D eigenvalue weighted by Gasteiger charge is -2.19. The van der Waals surface area contributed by atoms with Gasteiger partial charge in [0.05, 0.1) is 24.6 Å². The largest absolute Gasteiger partial charge is 0.346 e. The maximum Gasteiger partial charge on any atom is 0.269 e. The summed E-state index contributed by atoms with van der Waals surface area (Å²) < 4.78 is 0. The fourth-order valence-corrected chi connectivity index (χ4v) is 2.22. The van der Waals surface area contributed by atoms with Crippen LogP contribution in [0.15, 0.2) is 24.3 Å². The van der Waals surface area contributed by atoms with E-state index >= 15 is 0 Å². The van der Waals surface area contributed by atoms with Crippen LogP contribution in [0.25, 0.3) is 0 Å². The molecule has 0 bridgehead atoms. The lowest BCUT2D eigenvalue weighted by molar-refractivity contribution is -0.384. The van der Waals surface area contributed by atoms with Crippen molar-refractivity contribution in [3.63, 3.8) is 0 Å². The highest BCUT2D eigenvalue weighted by Crippen LogP contribution is 2.13. The van der Waals surface area contributed by atoms with Crippen LogP contribution in [0.2, 0.25) is 0 Å². The molecule has 0 spiro atoms. The second-order valence-corrected chi connectivity index (χ2v) is 5.52. The summed E-state index contributed by atoms with van der Waals surface area (Å²) >= 11 is 0. The Morgan fingerprint density at radius 3 is 2.00 bits per heavy atom. The first-order chi connectivity index (χ1) is 12.3. The molecule has 0 aliphatic carbocycles. The Bertz CT molecular complexity index is 733. The van der Waals surface area contributed by atoms with E-state index in [0.29, 0.717) is 5.56 Å². The first-order valence-corrected chi connectivity index (χ1v) is 7.69. The fraction of sp³-hybridized carbons (Fsp3) is 0.333. The van der Waals surface area contributed by atoms with Gasteiger partial charge in [0.2, 0.25) is 23.6 Å². The minimum Gasteiger partial charge on any atom is -0.346 e. The second kappa shape index (κ2) is 8.55. The van der Waals surface area contributed by atoms with Crippen molar-refractivity contribution >= 4 is 29.3 Å². The van der Waals surface area contributed by atoms with Crippen LogP contribution in [0.3, 0.4) is 0 Å². The van der Waals surface area contributed by atoms with Crippen LogP contribution in [-0.4, -0.2) is 54.2 Å². The number of nitrogens with zero attached hydrogens (tertiary/aromatic N) is 1. The molecule has 0 aromatic heterocycles. The van der Waals surface area contributed by atoms with E-state index in [9.17, 15) is 29.3 Å². The van der Waals surface area contributed by atoms with Gasteiger partial charge in [-0.25, -0.2) is 0 Å². The first kappa shape index (κ1) is 18.8.